The average Bonchev–Trinajstić information content (AvgIpc) is 2.75. The molecule has 1 aromatic rings. The predicted molar refractivity (Wildman–Crippen MR) is 98.9 cm³/mol. The number of aliphatic hydroxyl groups is 1. The highest BCUT2D eigenvalue weighted by Crippen LogP contribution is 2.15. The Bertz CT molecular complexity index is 494. The van der Waals surface area contributed by atoms with Crippen LogP contribution in [0.3, 0.4) is 0 Å². The summed E-state index contributed by atoms with van der Waals surface area (Å²) in [6, 6.07) is 7.99. The number of aliphatic hydroxyl groups excluding tert-OH is 1. The summed E-state index contributed by atoms with van der Waals surface area (Å²) < 4.78 is 5.50. The normalized spacial score (nSPS) is 11.2. The maximum atomic E-state index is 8.18. The van der Waals surface area contributed by atoms with Gasteiger partial charge in [-0.1, -0.05) is 57.6 Å². The highest BCUT2D eigenvalue weighted by molar-refractivity contribution is 5.27. The van der Waals surface area contributed by atoms with E-state index < -0.39 is 0 Å². The molecule has 0 radical (unpaired) electrons. The number of unbranched alkanes of at least 4 members (excludes halogenated alkanes) is 6. The van der Waals surface area contributed by atoms with Crippen LogP contribution >= 0.6 is 0 Å². The number of ether oxygens (including phenoxy) is 1. The van der Waals surface area contributed by atoms with Crippen molar-refractivity contribution in [2.75, 3.05) is 13.2 Å². The molecule has 0 aromatic heterocycles. The summed E-state index contributed by atoms with van der Waals surface area (Å²) in [6.07, 6.45) is 11.6. The fraction of sp³-hybridized carbons (Fsp3) is 0.579. The van der Waals surface area contributed by atoms with Gasteiger partial charge in [-0.05, 0) is 45.7 Å². The Morgan fingerprint density at radius 1 is 0.759 bits per heavy atom. The fourth-order valence-corrected chi connectivity index (χ4v) is 2.39. The van der Waals surface area contributed by atoms with Crippen molar-refractivity contribution in [1.29, 1.82) is 0 Å². The lowest BCUT2D eigenvalue weighted by molar-refractivity contribution is -0.811. The Labute approximate surface area is 170 Å². The van der Waals surface area contributed by atoms with Crippen molar-refractivity contribution in [2.24, 2.45) is 0 Å². The van der Waals surface area contributed by atoms with E-state index in [9.17, 15) is 0 Å². The molecule has 0 aliphatic carbocycles. The van der Waals surface area contributed by atoms with Crippen LogP contribution in [0.2, 0.25) is 0 Å². The van der Waals surface area contributed by atoms with Crippen LogP contribution in [0.5, 0.6) is 5.75 Å². The van der Waals surface area contributed by atoms with E-state index in [0.29, 0.717) is 6.26 Å². The largest absolute Gasteiger partial charge is 0.512 e. The first-order chi connectivity index (χ1) is 14.4. The van der Waals surface area contributed by atoms with Crippen molar-refractivity contribution >= 4 is 0 Å². The fourth-order valence-electron chi connectivity index (χ4n) is 2.39. The predicted octanol–water partition coefficient (Wildman–Crippen LogP) is 4.93. The van der Waals surface area contributed by atoms with Crippen molar-refractivity contribution in [3.63, 3.8) is 0 Å². The molecule has 0 saturated heterocycles. The van der Waals surface area contributed by atoms with Gasteiger partial charge in [-0.3, -0.25) is 0 Å². The molecule has 1 aromatic carbocycles. The number of benzene rings is 1. The van der Waals surface area contributed by atoms with Crippen LogP contribution in [-0.4, -0.2) is 18.3 Å². The van der Waals surface area contributed by atoms with Gasteiger partial charge < -0.3 is 14.7 Å². The van der Waals surface area contributed by atoms with Gasteiger partial charge in [-0.2, -0.15) is 0 Å². The summed E-state index contributed by atoms with van der Waals surface area (Å²) in [4.78, 5) is 8.63. The molecule has 29 heavy (non-hydrogen) atoms. The van der Waals surface area contributed by atoms with Crippen LogP contribution in [0.15, 0.2) is 36.8 Å². The zero-order valence-electron chi connectivity index (χ0n) is 16.7. The molecule has 1 rings (SSSR count). The van der Waals surface area contributed by atoms with E-state index in [1.807, 2.05) is 12.1 Å². The Balaban J connectivity index is 1.92. The Morgan fingerprint density at radius 3 is 2.14 bits per heavy atom. The first kappa shape index (κ1) is 25.1. The zero-order valence-corrected chi connectivity index (χ0v) is 16.7. The molecule has 0 bridgehead atoms. The Kier molecular flexibility index (Phi) is 16.8. The lowest BCUT2D eigenvalue weighted by atomic mass is 10.0. The van der Waals surface area contributed by atoms with Gasteiger partial charge in [0.2, 0.25) is 0 Å². The van der Waals surface area contributed by atoms with Crippen molar-refractivity contribution < 1.29 is 49.8 Å². The molecule has 0 unspecified atom stereocenters. The second-order valence-electron chi connectivity index (χ2n) is 5.98. The van der Waals surface area contributed by atoms with Gasteiger partial charge in [0, 0.05) is 15.1 Å². The van der Waals surface area contributed by atoms with Crippen LogP contribution in [0.25, 0.3) is 0 Å². The minimum Gasteiger partial charge on any atom is -0.512 e. The van der Waals surface area contributed by atoms with E-state index in [-0.39, 0.29) is 13.2 Å². The van der Waals surface area contributed by atoms with Crippen molar-refractivity contribution in [1.82, 2.24) is 0 Å². The summed E-state index contributed by atoms with van der Waals surface area (Å²) >= 11 is 0. The second kappa shape index (κ2) is 19.4. The smallest absolute Gasteiger partial charge is 0.167 e. The molecular weight excluding hydrogens is 388 g/mol. The first-order valence-electron chi connectivity index (χ1n) is 9.66. The van der Waals surface area contributed by atoms with Crippen LogP contribution in [0.4, 0.5) is 0 Å². The summed E-state index contributed by atoms with van der Waals surface area (Å²) in [5.74, 6) is 0.736. The number of aryl methyl sites for hydroxylation is 1. The minimum atomic E-state index is 0.0743. The van der Waals surface area contributed by atoms with Crippen LogP contribution in [0.1, 0.15) is 57.4 Å². The molecule has 0 aliphatic rings. The summed E-state index contributed by atoms with van der Waals surface area (Å²) in [7, 11) is 0. The molecule has 10 heteroatoms. The number of hydrogen-bond acceptors (Lipinski definition) is 10. The lowest BCUT2D eigenvalue weighted by Gasteiger charge is -2.07. The molecule has 0 aliphatic heterocycles. The van der Waals surface area contributed by atoms with Gasteiger partial charge in [-0.15, -0.1) is 0 Å². The summed E-state index contributed by atoms with van der Waals surface area (Å²) in [5.41, 5.74) is 1.31. The summed E-state index contributed by atoms with van der Waals surface area (Å²) in [6.45, 7) is 2.55. The molecule has 0 atom stereocenters. The molecule has 166 valence electrons. The quantitative estimate of drug-likeness (QED) is 0.136. The van der Waals surface area contributed by atoms with E-state index in [2.05, 4.69) is 59.1 Å². The lowest BCUT2D eigenvalue weighted by Crippen LogP contribution is -2.08. The number of hydrogen-bond donors (Lipinski definition) is 1. The Morgan fingerprint density at radius 2 is 1.41 bits per heavy atom. The first-order valence-corrected chi connectivity index (χ1v) is 9.66. The van der Waals surface area contributed by atoms with Crippen molar-refractivity contribution in [2.45, 2.75) is 58.3 Å². The maximum absolute atomic E-state index is 8.18. The second-order valence-corrected chi connectivity index (χ2v) is 5.98. The van der Waals surface area contributed by atoms with Crippen LogP contribution in [-0.2, 0) is 46.4 Å². The van der Waals surface area contributed by atoms with Crippen molar-refractivity contribution in [3.8, 4) is 5.75 Å². The van der Waals surface area contributed by atoms with E-state index in [0.717, 1.165) is 18.4 Å². The number of rotatable bonds is 20. The van der Waals surface area contributed by atoms with Gasteiger partial charge >= 0.3 is 0 Å². The minimum absolute atomic E-state index is 0.0743. The monoisotopic (exact) mass is 418 g/mol. The molecular formula is C19H30O10. The molecule has 0 fully saturated rings. The van der Waals surface area contributed by atoms with Crippen LogP contribution < -0.4 is 4.74 Å². The highest BCUT2D eigenvalue weighted by atomic mass is 17.9. The van der Waals surface area contributed by atoms with Gasteiger partial charge in [-0.25, -0.2) is 4.89 Å². The highest BCUT2D eigenvalue weighted by Gasteiger charge is 1.99. The summed E-state index contributed by atoms with van der Waals surface area (Å²) in [5, 5.41) is 31.6. The van der Waals surface area contributed by atoms with Gasteiger partial charge in [0.25, 0.3) is 0 Å². The molecule has 0 spiro atoms. The van der Waals surface area contributed by atoms with E-state index in [1.165, 1.54) is 50.5 Å². The zero-order chi connectivity index (χ0) is 20.8. The van der Waals surface area contributed by atoms with Gasteiger partial charge in [0.05, 0.1) is 0 Å². The van der Waals surface area contributed by atoms with E-state index in [4.69, 9.17) is 9.84 Å². The standard InChI is InChI=1S/C19H30O10/c1-2-3-4-5-6-7-8-9-18-10-12-19(13-11-18)21-16-17-23-25-27-29-28-26-24-22-15-14-20/h10-15,20H,2-9,16-17H2,1H3/b15-14-. The van der Waals surface area contributed by atoms with Gasteiger partial charge in [0.15, 0.2) is 6.26 Å². The van der Waals surface area contributed by atoms with E-state index in [1.54, 1.807) is 0 Å². The third-order valence-electron chi connectivity index (χ3n) is 3.77. The topological polar surface area (TPSA) is 103 Å². The Hall–Kier alpha value is -1.92. The van der Waals surface area contributed by atoms with Crippen molar-refractivity contribution in [3.05, 3.63) is 42.4 Å². The maximum Gasteiger partial charge on any atom is 0.167 e. The third kappa shape index (κ3) is 15.7. The average molecular weight is 418 g/mol. The molecule has 1 N–H and O–H groups in total. The third-order valence-corrected chi connectivity index (χ3v) is 3.77. The van der Waals surface area contributed by atoms with E-state index >= 15 is 0 Å². The van der Waals surface area contributed by atoms with Gasteiger partial charge in [0.1, 0.15) is 25.2 Å². The molecule has 0 heterocycles. The molecule has 0 amide bonds. The molecule has 0 saturated carbocycles. The SMILES string of the molecule is CCCCCCCCCc1ccc(OCCOOOOOOOO/C=C\O)cc1. The molecule has 10 nitrogen and oxygen atoms in total. The van der Waals surface area contributed by atoms with Crippen LogP contribution in [0, 0.1) is 0 Å².